The van der Waals surface area contributed by atoms with Gasteiger partial charge in [-0.3, -0.25) is 19.7 Å². The van der Waals surface area contributed by atoms with Gasteiger partial charge in [0.15, 0.2) is 0 Å². The van der Waals surface area contributed by atoms with E-state index in [2.05, 4.69) is 6.92 Å². The molecule has 1 aliphatic heterocycles. The number of rotatable bonds is 8. The van der Waals surface area contributed by atoms with Crippen molar-refractivity contribution in [3.05, 3.63) is 64.0 Å². The average molecular weight is 474 g/mol. The van der Waals surface area contributed by atoms with Crippen LogP contribution in [0.1, 0.15) is 43.0 Å². The van der Waals surface area contributed by atoms with Gasteiger partial charge in [0.05, 0.1) is 10.5 Å². The number of nitro groups is 1. The van der Waals surface area contributed by atoms with Gasteiger partial charge in [-0.1, -0.05) is 37.2 Å². The fourth-order valence-corrected chi connectivity index (χ4v) is 4.79. The summed E-state index contributed by atoms with van der Waals surface area (Å²) in [6, 6.07) is 10.3. The summed E-state index contributed by atoms with van der Waals surface area (Å²) in [5, 5.41) is 11.3. The first-order valence-electron chi connectivity index (χ1n) is 11.1. The molecule has 1 saturated heterocycles. The highest BCUT2D eigenvalue weighted by Crippen LogP contribution is 2.35. The predicted molar refractivity (Wildman–Crippen MR) is 125 cm³/mol. The molecule has 0 saturated carbocycles. The van der Waals surface area contributed by atoms with E-state index in [9.17, 15) is 24.1 Å². The Morgan fingerprint density at radius 3 is 2.52 bits per heavy atom. The van der Waals surface area contributed by atoms with E-state index < -0.39 is 10.7 Å². The minimum absolute atomic E-state index is 0.0988. The van der Waals surface area contributed by atoms with Crippen LogP contribution in [0.25, 0.3) is 0 Å². The summed E-state index contributed by atoms with van der Waals surface area (Å²) in [6.07, 6.45) is 3.06. The zero-order valence-corrected chi connectivity index (χ0v) is 19.6. The largest absolute Gasteiger partial charge is 0.346 e. The SMILES string of the molecule is CCCCN(C)C(=O)C1CCN(C(=O)c2cc([N+](=O)[O-])ccc2Sc2ccccc2F)CC1. The Morgan fingerprint density at radius 2 is 1.88 bits per heavy atom. The second kappa shape index (κ2) is 11.3. The number of hydrogen-bond acceptors (Lipinski definition) is 5. The van der Waals surface area contributed by atoms with Crippen LogP contribution in [-0.4, -0.2) is 53.2 Å². The summed E-state index contributed by atoms with van der Waals surface area (Å²) in [5.74, 6) is -0.802. The molecule has 3 rings (SSSR count). The first-order chi connectivity index (χ1) is 15.8. The highest BCUT2D eigenvalue weighted by molar-refractivity contribution is 7.99. The van der Waals surface area contributed by atoms with Crippen LogP contribution in [-0.2, 0) is 4.79 Å². The number of non-ortho nitro benzene ring substituents is 1. The molecule has 0 radical (unpaired) electrons. The molecule has 1 heterocycles. The Balaban J connectivity index is 1.76. The van der Waals surface area contributed by atoms with Crippen LogP contribution in [0.15, 0.2) is 52.3 Å². The molecule has 1 fully saturated rings. The van der Waals surface area contributed by atoms with Crippen LogP contribution in [0, 0.1) is 21.8 Å². The Kier molecular flexibility index (Phi) is 8.43. The third-order valence-corrected chi connectivity index (χ3v) is 6.94. The molecule has 0 N–H and O–H groups in total. The van der Waals surface area contributed by atoms with Crippen LogP contribution in [0.5, 0.6) is 0 Å². The third kappa shape index (κ3) is 6.10. The van der Waals surface area contributed by atoms with E-state index in [1.165, 1.54) is 24.3 Å². The molecule has 0 unspecified atom stereocenters. The molecule has 0 spiro atoms. The van der Waals surface area contributed by atoms with Gasteiger partial charge in [-0.15, -0.1) is 0 Å². The molecular formula is C24H28FN3O4S. The lowest BCUT2D eigenvalue weighted by Gasteiger charge is -2.33. The number of likely N-dealkylation sites (tertiary alicyclic amines) is 1. The topological polar surface area (TPSA) is 83.8 Å². The number of piperidine rings is 1. The number of nitro benzene ring substituents is 1. The van der Waals surface area contributed by atoms with E-state index in [0.717, 1.165) is 31.1 Å². The molecule has 0 atom stereocenters. The van der Waals surface area contributed by atoms with Gasteiger partial charge in [-0.2, -0.15) is 0 Å². The molecule has 2 amide bonds. The summed E-state index contributed by atoms with van der Waals surface area (Å²) in [5.41, 5.74) is -0.0267. The van der Waals surface area contributed by atoms with Gasteiger partial charge in [0.1, 0.15) is 5.82 Å². The maximum absolute atomic E-state index is 14.2. The maximum Gasteiger partial charge on any atom is 0.270 e. The molecule has 2 aromatic carbocycles. The number of amides is 2. The van der Waals surface area contributed by atoms with Crippen molar-refractivity contribution in [1.29, 1.82) is 0 Å². The van der Waals surface area contributed by atoms with Crippen molar-refractivity contribution in [3.63, 3.8) is 0 Å². The second-order valence-corrected chi connectivity index (χ2v) is 9.23. The highest BCUT2D eigenvalue weighted by atomic mass is 32.2. The Bertz CT molecular complexity index is 1020. The van der Waals surface area contributed by atoms with E-state index >= 15 is 0 Å². The smallest absolute Gasteiger partial charge is 0.270 e. The Labute approximate surface area is 197 Å². The van der Waals surface area contributed by atoms with Crippen molar-refractivity contribution in [2.45, 2.75) is 42.4 Å². The lowest BCUT2D eigenvalue weighted by Crippen LogP contribution is -2.43. The van der Waals surface area contributed by atoms with Crippen molar-refractivity contribution >= 4 is 29.3 Å². The first-order valence-corrected chi connectivity index (χ1v) is 11.9. The fraction of sp³-hybridized carbons (Fsp3) is 0.417. The van der Waals surface area contributed by atoms with E-state index in [1.54, 1.807) is 28.0 Å². The van der Waals surface area contributed by atoms with Crippen molar-refractivity contribution in [3.8, 4) is 0 Å². The zero-order valence-electron chi connectivity index (χ0n) is 18.8. The van der Waals surface area contributed by atoms with Crippen molar-refractivity contribution in [2.75, 3.05) is 26.7 Å². The van der Waals surface area contributed by atoms with Crippen molar-refractivity contribution < 1.29 is 18.9 Å². The monoisotopic (exact) mass is 473 g/mol. The molecule has 176 valence electrons. The molecule has 0 bridgehead atoms. The van der Waals surface area contributed by atoms with Crippen LogP contribution in [0.4, 0.5) is 10.1 Å². The summed E-state index contributed by atoms with van der Waals surface area (Å²) in [6.45, 7) is 3.58. The summed E-state index contributed by atoms with van der Waals surface area (Å²) < 4.78 is 14.2. The summed E-state index contributed by atoms with van der Waals surface area (Å²) >= 11 is 1.06. The standard InChI is InChI=1S/C24H28FN3O4S/c1-3-4-13-26(2)23(29)17-11-14-27(15-12-17)24(30)19-16-18(28(31)32)9-10-21(19)33-22-8-6-5-7-20(22)25/h5-10,16-17H,3-4,11-15H2,1-2H3. The van der Waals surface area contributed by atoms with Crippen LogP contribution < -0.4 is 0 Å². The normalized spacial score (nSPS) is 14.2. The van der Waals surface area contributed by atoms with Gasteiger partial charge in [-0.05, 0) is 37.5 Å². The lowest BCUT2D eigenvalue weighted by molar-refractivity contribution is -0.384. The van der Waals surface area contributed by atoms with Crippen LogP contribution in [0.3, 0.4) is 0 Å². The molecule has 33 heavy (non-hydrogen) atoms. The molecule has 7 nitrogen and oxygen atoms in total. The number of nitrogens with zero attached hydrogens (tertiary/aromatic N) is 3. The third-order valence-electron chi connectivity index (χ3n) is 5.82. The molecule has 0 aromatic heterocycles. The van der Waals surface area contributed by atoms with E-state index in [4.69, 9.17) is 0 Å². The molecule has 0 aliphatic carbocycles. The van der Waals surface area contributed by atoms with E-state index in [-0.39, 0.29) is 29.0 Å². The van der Waals surface area contributed by atoms with E-state index in [0.29, 0.717) is 35.7 Å². The van der Waals surface area contributed by atoms with Gasteiger partial charge in [0.2, 0.25) is 5.91 Å². The van der Waals surface area contributed by atoms with Crippen LogP contribution in [0.2, 0.25) is 0 Å². The minimum Gasteiger partial charge on any atom is -0.346 e. The number of carbonyl (C=O) groups excluding carboxylic acids is 2. The lowest BCUT2D eigenvalue weighted by atomic mass is 9.94. The van der Waals surface area contributed by atoms with Crippen molar-refractivity contribution in [1.82, 2.24) is 9.80 Å². The summed E-state index contributed by atoms with van der Waals surface area (Å²) in [7, 11) is 1.81. The predicted octanol–water partition coefficient (Wildman–Crippen LogP) is 5.00. The Hall–Kier alpha value is -2.94. The van der Waals surface area contributed by atoms with Gasteiger partial charge < -0.3 is 9.80 Å². The maximum atomic E-state index is 14.2. The van der Waals surface area contributed by atoms with Gasteiger partial charge in [0.25, 0.3) is 11.6 Å². The first kappa shape index (κ1) is 24.7. The number of benzene rings is 2. The quantitative estimate of drug-likeness (QED) is 0.398. The molecule has 1 aliphatic rings. The molecule has 9 heteroatoms. The highest BCUT2D eigenvalue weighted by Gasteiger charge is 2.31. The number of unbranched alkanes of at least 4 members (excludes halogenated alkanes) is 1. The van der Waals surface area contributed by atoms with E-state index in [1.807, 2.05) is 7.05 Å². The fourth-order valence-electron chi connectivity index (χ4n) is 3.85. The zero-order chi connectivity index (χ0) is 24.0. The number of halogens is 1. The van der Waals surface area contributed by atoms with Gasteiger partial charge in [-0.25, -0.2) is 4.39 Å². The second-order valence-electron chi connectivity index (χ2n) is 8.15. The van der Waals surface area contributed by atoms with Crippen LogP contribution >= 0.6 is 11.8 Å². The van der Waals surface area contributed by atoms with Gasteiger partial charge in [0, 0.05) is 54.5 Å². The number of carbonyl (C=O) groups is 2. The minimum atomic E-state index is -0.550. The van der Waals surface area contributed by atoms with Crippen molar-refractivity contribution in [2.24, 2.45) is 5.92 Å². The molecular weight excluding hydrogens is 445 g/mol. The molecule has 2 aromatic rings. The summed E-state index contributed by atoms with van der Waals surface area (Å²) in [4.78, 5) is 40.9. The number of hydrogen-bond donors (Lipinski definition) is 0. The average Bonchev–Trinajstić information content (AvgIpc) is 2.83. The Morgan fingerprint density at radius 1 is 1.18 bits per heavy atom. The van der Waals surface area contributed by atoms with Gasteiger partial charge >= 0.3 is 0 Å².